The summed E-state index contributed by atoms with van der Waals surface area (Å²) in [4.78, 5) is 7.08. The smallest absolute Gasteiger partial charge is 0.229 e. The third kappa shape index (κ3) is 4.10. The maximum absolute atomic E-state index is 5.54. The van der Waals surface area contributed by atoms with E-state index in [1.54, 1.807) is 7.11 Å². The molecule has 1 aromatic carbocycles. The molecule has 148 valence electrons. The first-order valence-corrected chi connectivity index (χ1v) is 10.6. The topological polar surface area (TPSA) is 64.3 Å². The molecule has 1 saturated heterocycles. The molecule has 1 aliphatic rings. The molecule has 0 saturated carbocycles. The fraction of sp³-hybridized carbons (Fsp3) is 0.476. The predicted molar refractivity (Wildman–Crippen MR) is 110 cm³/mol. The van der Waals surface area contributed by atoms with E-state index in [9.17, 15) is 0 Å². The summed E-state index contributed by atoms with van der Waals surface area (Å²) in [5, 5.41) is 6.17. The number of aromatic nitrogens is 3. The normalized spacial score (nSPS) is 16.0. The van der Waals surface area contributed by atoms with Gasteiger partial charge in [0.1, 0.15) is 5.75 Å². The van der Waals surface area contributed by atoms with E-state index in [0.717, 1.165) is 61.1 Å². The summed E-state index contributed by atoms with van der Waals surface area (Å²) in [5.41, 5.74) is 3.51. The Morgan fingerprint density at radius 1 is 1.29 bits per heavy atom. The number of benzene rings is 1. The van der Waals surface area contributed by atoms with Gasteiger partial charge < -0.3 is 9.26 Å². The molecule has 6 nitrogen and oxygen atoms in total. The van der Waals surface area contributed by atoms with E-state index in [4.69, 9.17) is 9.26 Å². The van der Waals surface area contributed by atoms with Crippen molar-refractivity contribution < 1.29 is 9.26 Å². The van der Waals surface area contributed by atoms with Crippen LogP contribution >= 0.6 is 11.5 Å². The number of rotatable bonds is 6. The second-order valence-electron chi connectivity index (χ2n) is 7.64. The van der Waals surface area contributed by atoms with E-state index in [1.807, 2.05) is 6.20 Å². The van der Waals surface area contributed by atoms with Gasteiger partial charge in [0, 0.05) is 41.1 Å². The number of hydrogen-bond acceptors (Lipinski definition) is 7. The molecular formula is C21H26N4O2S. The number of piperidine rings is 1. The predicted octanol–water partition coefficient (Wildman–Crippen LogP) is 4.70. The number of likely N-dealkylation sites (tertiary alicyclic amines) is 1. The highest BCUT2D eigenvalue weighted by Crippen LogP contribution is 2.33. The first kappa shape index (κ1) is 19.1. The van der Waals surface area contributed by atoms with Gasteiger partial charge in [0.25, 0.3) is 0 Å². The minimum absolute atomic E-state index is 0.306. The number of hydrogen-bond donors (Lipinski definition) is 0. The highest BCUT2D eigenvalue weighted by atomic mass is 32.1. The first-order valence-electron chi connectivity index (χ1n) is 9.76. The Morgan fingerprint density at radius 2 is 2.11 bits per heavy atom. The average molecular weight is 399 g/mol. The number of nitrogens with zero attached hydrogens (tertiary/aromatic N) is 4. The minimum atomic E-state index is 0.306. The summed E-state index contributed by atoms with van der Waals surface area (Å²) >= 11 is 1.46. The van der Waals surface area contributed by atoms with Crippen molar-refractivity contribution in [2.75, 3.05) is 20.2 Å². The van der Waals surface area contributed by atoms with E-state index < -0.39 is 0 Å². The van der Waals surface area contributed by atoms with Crippen LogP contribution in [0.25, 0.3) is 11.1 Å². The molecule has 3 heterocycles. The van der Waals surface area contributed by atoms with Gasteiger partial charge in [0.2, 0.25) is 5.89 Å². The molecule has 0 unspecified atom stereocenters. The van der Waals surface area contributed by atoms with Crippen LogP contribution in [0.1, 0.15) is 55.8 Å². The summed E-state index contributed by atoms with van der Waals surface area (Å²) in [6, 6.07) is 6.43. The Morgan fingerprint density at radius 3 is 2.75 bits per heavy atom. The Hall–Kier alpha value is -2.25. The fourth-order valence-corrected chi connectivity index (χ4v) is 4.20. The third-order valence-corrected chi connectivity index (χ3v) is 5.91. The molecule has 0 radical (unpaired) electrons. The summed E-state index contributed by atoms with van der Waals surface area (Å²) < 4.78 is 15.3. The van der Waals surface area contributed by atoms with Crippen LogP contribution in [0.4, 0.5) is 0 Å². The maximum atomic E-state index is 5.54. The SMILES string of the molecule is COc1ccc(CN2CCC(c3nc(C(C)C)no3)CC2)cc1-c1cnsc1. The van der Waals surface area contributed by atoms with Crippen molar-refractivity contribution >= 4 is 11.5 Å². The molecule has 0 spiro atoms. The number of ether oxygens (including phenoxy) is 1. The van der Waals surface area contributed by atoms with Crippen LogP contribution in [0.3, 0.4) is 0 Å². The molecular weight excluding hydrogens is 372 g/mol. The lowest BCUT2D eigenvalue weighted by Crippen LogP contribution is -2.32. The summed E-state index contributed by atoms with van der Waals surface area (Å²) in [7, 11) is 1.71. The van der Waals surface area contributed by atoms with Crippen LogP contribution in [0, 0.1) is 0 Å². The summed E-state index contributed by atoms with van der Waals surface area (Å²) in [6.07, 6.45) is 4.00. The highest BCUT2D eigenvalue weighted by molar-refractivity contribution is 7.03. The zero-order valence-electron chi connectivity index (χ0n) is 16.6. The second-order valence-corrected chi connectivity index (χ2v) is 8.30. The van der Waals surface area contributed by atoms with E-state index in [-0.39, 0.29) is 0 Å². The second kappa shape index (κ2) is 8.41. The summed E-state index contributed by atoms with van der Waals surface area (Å²) in [6.45, 7) is 7.18. The van der Waals surface area contributed by atoms with E-state index in [1.165, 1.54) is 17.1 Å². The third-order valence-electron chi connectivity index (χ3n) is 5.32. The van der Waals surface area contributed by atoms with Crippen LogP contribution in [0.2, 0.25) is 0 Å². The lowest BCUT2D eigenvalue weighted by atomic mass is 9.96. The zero-order chi connectivity index (χ0) is 19.5. The van der Waals surface area contributed by atoms with Crippen molar-refractivity contribution in [1.29, 1.82) is 0 Å². The van der Waals surface area contributed by atoms with Crippen molar-refractivity contribution in [3.63, 3.8) is 0 Å². The zero-order valence-corrected chi connectivity index (χ0v) is 17.4. The maximum Gasteiger partial charge on any atom is 0.229 e. The highest BCUT2D eigenvalue weighted by Gasteiger charge is 2.25. The molecule has 1 aliphatic heterocycles. The standard InChI is InChI=1S/C21H26N4O2S/c1-14(2)20-23-21(27-24-20)16-6-8-25(9-7-16)12-15-4-5-19(26-3)18(10-15)17-11-22-28-13-17/h4-5,10-11,13-14,16H,6-9,12H2,1-3H3. The van der Waals surface area contributed by atoms with Crippen LogP contribution < -0.4 is 4.74 Å². The van der Waals surface area contributed by atoms with Crippen molar-refractivity contribution in [1.82, 2.24) is 19.4 Å². The van der Waals surface area contributed by atoms with Crippen LogP contribution in [-0.4, -0.2) is 39.6 Å². The Kier molecular flexibility index (Phi) is 5.73. The van der Waals surface area contributed by atoms with Gasteiger partial charge in [0.05, 0.1) is 7.11 Å². The largest absolute Gasteiger partial charge is 0.496 e. The van der Waals surface area contributed by atoms with Crippen LogP contribution in [0.5, 0.6) is 5.75 Å². The van der Waals surface area contributed by atoms with Gasteiger partial charge in [-0.05, 0) is 55.2 Å². The molecule has 1 fully saturated rings. The molecule has 0 atom stereocenters. The van der Waals surface area contributed by atoms with Crippen LogP contribution in [0.15, 0.2) is 34.3 Å². The van der Waals surface area contributed by atoms with Gasteiger partial charge in [0.15, 0.2) is 5.82 Å². The van der Waals surface area contributed by atoms with Gasteiger partial charge in [-0.3, -0.25) is 4.90 Å². The van der Waals surface area contributed by atoms with Crippen molar-refractivity contribution in [2.24, 2.45) is 0 Å². The quantitative estimate of drug-likeness (QED) is 0.599. The van der Waals surface area contributed by atoms with Gasteiger partial charge >= 0.3 is 0 Å². The van der Waals surface area contributed by atoms with Gasteiger partial charge in [-0.2, -0.15) is 4.98 Å². The monoisotopic (exact) mass is 398 g/mol. The Bertz CT molecular complexity index is 899. The van der Waals surface area contributed by atoms with E-state index in [2.05, 4.69) is 56.8 Å². The average Bonchev–Trinajstić information content (AvgIpc) is 3.41. The van der Waals surface area contributed by atoms with E-state index >= 15 is 0 Å². The van der Waals surface area contributed by atoms with Crippen molar-refractivity contribution in [3.8, 4) is 16.9 Å². The molecule has 7 heteroatoms. The molecule has 0 amide bonds. The Balaban J connectivity index is 1.40. The van der Waals surface area contributed by atoms with Gasteiger partial charge in [-0.15, -0.1) is 0 Å². The molecule has 4 rings (SSSR count). The molecule has 2 aromatic heterocycles. The lowest BCUT2D eigenvalue weighted by molar-refractivity contribution is 0.187. The molecule has 28 heavy (non-hydrogen) atoms. The van der Waals surface area contributed by atoms with Crippen LogP contribution in [-0.2, 0) is 6.54 Å². The van der Waals surface area contributed by atoms with Gasteiger partial charge in [-0.1, -0.05) is 25.1 Å². The molecule has 0 aliphatic carbocycles. The molecule has 3 aromatic rings. The van der Waals surface area contributed by atoms with Gasteiger partial charge in [-0.25, -0.2) is 4.37 Å². The number of methoxy groups -OCH3 is 1. The lowest BCUT2D eigenvalue weighted by Gasteiger charge is -2.30. The van der Waals surface area contributed by atoms with Crippen molar-refractivity contribution in [3.05, 3.63) is 47.1 Å². The summed E-state index contributed by atoms with van der Waals surface area (Å²) in [5.74, 6) is 3.19. The molecule has 0 bridgehead atoms. The Labute approximate surface area is 169 Å². The molecule has 0 N–H and O–H groups in total. The fourth-order valence-electron chi connectivity index (χ4n) is 3.66. The first-order chi connectivity index (χ1) is 13.6. The minimum Gasteiger partial charge on any atom is -0.496 e. The van der Waals surface area contributed by atoms with E-state index in [0.29, 0.717) is 11.8 Å². The van der Waals surface area contributed by atoms with Crippen molar-refractivity contribution in [2.45, 2.75) is 45.1 Å².